The van der Waals surface area contributed by atoms with E-state index in [0.717, 1.165) is 11.1 Å². The predicted octanol–water partition coefficient (Wildman–Crippen LogP) is 5.40. The van der Waals surface area contributed by atoms with Crippen LogP contribution in [-0.4, -0.2) is 5.11 Å². The Morgan fingerprint density at radius 1 is 0.963 bits per heavy atom. The van der Waals surface area contributed by atoms with Gasteiger partial charge in [-0.3, -0.25) is 4.79 Å². The molecule has 1 N–H and O–H groups in total. The highest BCUT2D eigenvalue weighted by atomic mass is 35.5. The second-order valence-corrected chi connectivity index (χ2v) is 6.51. The first kappa shape index (κ1) is 17.2. The maximum absolute atomic E-state index is 12.4. The molecule has 5 heteroatoms. The van der Waals surface area contributed by atoms with Gasteiger partial charge in [0, 0.05) is 28.8 Å². The number of phenolic OH excluding ortho intramolecular Hbond substituents is 1. The van der Waals surface area contributed by atoms with Crippen molar-refractivity contribution in [1.29, 1.82) is 0 Å². The molecule has 0 aliphatic rings. The van der Waals surface area contributed by atoms with Crippen LogP contribution in [0.5, 0.6) is 11.5 Å². The van der Waals surface area contributed by atoms with E-state index in [4.69, 9.17) is 20.8 Å². The molecule has 0 fully saturated rings. The number of ether oxygens (including phenoxy) is 1. The van der Waals surface area contributed by atoms with E-state index in [1.54, 1.807) is 18.2 Å². The van der Waals surface area contributed by atoms with E-state index < -0.39 is 0 Å². The molecule has 0 amide bonds. The third kappa shape index (κ3) is 3.66. The van der Waals surface area contributed by atoms with Gasteiger partial charge in [-0.15, -0.1) is 0 Å². The molecule has 1 heterocycles. The lowest BCUT2D eigenvalue weighted by molar-refractivity contribution is 0.304. The van der Waals surface area contributed by atoms with Crippen LogP contribution in [0.3, 0.4) is 0 Å². The molecule has 0 unspecified atom stereocenters. The first-order chi connectivity index (χ1) is 13.1. The molecule has 134 valence electrons. The van der Waals surface area contributed by atoms with Crippen LogP contribution in [0.2, 0.25) is 5.02 Å². The van der Waals surface area contributed by atoms with E-state index in [2.05, 4.69) is 0 Å². The number of hydrogen-bond acceptors (Lipinski definition) is 4. The van der Waals surface area contributed by atoms with Gasteiger partial charge in [0.05, 0.1) is 0 Å². The van der Waals surface area contributed by atoms with E-state index in [9.17, 15) is 9.90 Å². The summed E-state index contributed by atoms with van der Waals surface area (Å²) in [4.78, 5) is 12.4. The largest absolute Gasteiger partial charge is 0.507 e. The Bertz CT molecular complexity index is 1150. The van der Waals surface area contributed by atoms with Gasteiger partial charge in [-0.1, -0.05) is 54.1 Å². The Morgan fingerprint density at radius 3 is 2.44 bits per heavy atom. The molecule has 0 saturated heterocycles. The maximum atomic E-state index is 12.4. The lowest BCUT2D eigenvalue weighted by atomic mass is 10.1. The molecule has 4 rings (SSSR count). The van der Waals surface area contributed by atoms with E-state index in [-0.39, 0.29) is 22.1 Å². The summed E-state index contributed by atoms with van der Waals surface area (Å²) in [5.74, 6) is 0.664. The lowest BCUT2D eigenvalue weighted by Gasteiger charge is -2.09. The molecule has 0 bridgehead atoms. The summed E-state index contributed by atoms with van der Waals surface area (Å²) in [6, 6.07) is 21.0. The molecule has 0 aliphatic heterocycles. The molecular formula is C22H15ClO4. The van der Waals surface area contributed by atoms with Crippen LogP contribution in [0.4, 0.5) is 0 Å². The van der Waals surface area contributed by atoms with Crippen LogP contribution in [0.15, 0.2) is 82.0 Å². The Morgan fingerprint density at radius 2 is 1.70 bits per heavy atom. The average molecular weight is 379 g/mol. The van der Waals surface area contributed by atoms with Crippen LogP contribution in [0.25, 0.3) is 22.3 Å². The normalized spacial score (nSPS) is 10.9. The van der Waals surface area contributed by atoms with Crippen LogP contribution < -0.4 is 10.2 Å². The Balaban J connectivity index is 1.70. The summed E-state index contributed by atoms with van der Waals surface area (Å²) in [5, 5.41) is 11.1. The van der Waals surface area contributed by atoms with Gasteiger partial charge in [0.1, 0.15) is 34.8 Å². The highest BCUT2D eigenvalue weighted by Gasteiger charge is 2.13. The van der Waals surface area contributed by atoms with Gasteiger partial charge in [-0.05, 0) is 17.7 Å². The minimum absolute atomic E-state index is 0.133. The summed E-state index contributed by atoms with van der Waals surface area (Å²) >= 11 is 5.88. The minimum atomic E-state index is -0.308. The number of phenols is 1. The summed E-state index contributed by atoms with van der Waals surface area (Å²) in [5.41, 5.74) is 1.67. The highest BCUT2D eigenvalue weighted by molar-refractivity contribution is 6.30. The van der Waals surface area contributed by atoms with Gasteiger partial charge < -0.3 is 14.3 Å². The molecule has 0 spiro atoms. The second-order valence-electron chi connectivity index (χ2n) is 6.07. The summed E-state index contributed by atoms with van der Waals surface area (Å²) < 4.78 is 11.6. The number of hydrogen-bond donors (Lipinski definition) is 1. The third-order valence-corrected chi connectivity index (χ3v) is 4.41. The molecule has 3 aromatic carbocycles. The molecule has 4 aromatic rings. The van der Waals surface area contributed by atoms with Crippen molar-refractivity contribution in [1.82, 2.24) is 0 Å². The number of aromatic hydroxyl groups is 1. The van der Waals surface area contributed by atoms with Crippen molar-refractivity contribution in [2.45, 2.75) is 6.61 Å². The van der Waals surface area contributed by atoms with Crippen molar-refractivity contribution >= 4 is 22.6 Å². The van der Waals surface area contributed by atoms with Crippen molar-refractivity contribution in [3.63, 3.8) is 0 Å². The Kier molecular flexibility index (Phi) is 4.57. The van der Waals surface area contributed by atoms with E-state index in [0.29, 0.717) is 23.1 Å². The van der Waals surface area contributed by atoms with Crippen molar-refractivity contribution in [3.8, 4) is 22.8 Å². The second kappa shape index (κ2) is 7.17. The third-order valence-electron chi connectivity index (χ3n) is 4.16. The molecule has 0 saturated carbocycles. The molecule has 0 aliphatic carbocycles. The zero-order chi connectivity index (χ0) is 18.8. The van der Waals surface area contributed by atoms with Crippen molar-refractivity contribution in [3.05, 3.63) is 93.6 Å². The van der Waals surface area contributed by atoms with Gasteiger partial charge in [-0.2, -0.15) is 0 Å². The molecule has 27 heavy (non-hydrogen) atoms. The summed E-state index contributed by atoms with van der Waals surface area (Å²) in [6.07, 6.45) is 0. The fourth-order valence-corrected chi connectivity index (χ4v) is 2.94. The van der Waals surface area contributed by atoms with Crippen molar-refractivity contribution < 1.29 is 14.3 Å². The highest BCUT2D eigenvalue weighted by Crippen LogP contribution is 2.31. The van der Waals surface area contributed by atoms with Crippen LogP contribution in [0, 0.1) is 0 Å². The monoisotopic (exact) mass is 378 g/mol. The number of fused-ring (bicyclic) bond motifs is 1. The number of halogens is 1. The van der Waals surface area contributed by atoms with Crippen molar-refractivity contribution in [2.75, 3.05) is 0 Å². The smallest absolute Gasteiger partial charge is 0.197 e. The fourth-order valence-electron chi connectivity index (χ4n) is 2.82. The number of rotatable bonds is 4. The molecular weight excluding hydrogens is 364 g/mol. The van der Waals surface area contributed by atoms with Crippen LogP contribution in [-0.2, 0) is 6.61 Å². The Labute approximate surface area is 160 Å². The fraction of sp³-hybridized carbons (Fsp3) is 0.0455. The molecule has 1 aromatic heterocycles. The predicted molar refractivity (Wildman–Crippen MR) is 105 cm³/mol. The molecule has 4 nitrogen and oxygen atoms in total. The topological polar surface area (TPSA) is 59.7 Å². The lowest BCUT2D eigenvalue weighted by Crippen LogP contribution is -2.02. The van der Waals surface area contributed by atoms with Gasteiger partial charge >= 0.3 is 0 Å². The summed E-state index contributed by atoms with van der Waals surface area (Å²) in [6.45, 7) is 0.296. The quantitative estimate of drug-likeness (QED) is 0.516. The molecule has 0 radical (unpaired) electrons. The van der Waals surface area contributed by atoms with Crippen LogP contribution in [0.1, 0.15) is 5.56 Å². The van der Waals surface area contributed by atoms with Crippen molar-refractivity contribution in [2.24, 2.45) is 0 Å². The average Bonchev–Trinajstić information content (AvgIpc) is 2.67. The van der Waals surface area contributed by atoms with Gasteiger partial charge in [0.25, 0.3) is 0 Å². The zero-order valence-corrected chi connectivity index (χ0v) is 14.9. The number of benzene rings is 3. The first-order valence-corrected chi connectivity index (χ1v) is 8.71. The van der Waals surface area contributed by atoms with Gasteiger partial charge in [-0.25, -0.2) is 0 Å². The first-order valence-electron chi connectivity index (χ1n) is 8.34. The minimum Gasteiger partial charge on any atom is -0.507 e. The SMILES string of the molecule is O=c1cc(-c2ccccc2)oc2cc(OCc3ccc(Cl)cc3)cc(O)c12. The standard InChI is InChI=1S/C22H15ClO4/c23-16-8-6-14(7-9-16)13-26-17-10-18(24)22-19(25)12-20(27-21(22)11-17)15-4-2-1-3-5-15/h1-12,24H,13H2. The maximum Gasteiger partial charge on any atom is 0.197 e. The molecule has 0 atom stereocenters. The summed E-state index contributed by atoms with van der Waals surface area (Å²) in [7, 11) is 0. The van der Waals surface area contributed by atoms with Crippen LogP contribution >= 0.6 is 11.6 Å². The van der Waals surface area contributed by atoms with E-state index >= 15 is 0 Å². The van der Waals surface area contributed by atoms with Gasteiger partial charge in [0.15, 0.2) is 5.43 Å². The van der Waals surface area contributed by atoms with Gasteiger partial charge in [0.2, 0.25) is 0 Å². The van der Waals surface area contributed by atoms with E-state index in [1.807, 2.05) is 42.5 Å². The zero-order valence-electron chi connectivity index (χ0n) is 14.2. The Hall–Kier alpha value is -3.24. The van der Waals surface area contributed by atoms with E-state index in [1.165, 1.54) is 12.1 Å².